The summed E-state index contributed by atoms with van der Waals surface area (Å²) in [6, 6.07) is 9.15. The average Bonchev–Trinajstić information content (AvgIpc) is 2.47. The summed E-state index contributed by atoms with van der Waals surface area (Å²) in [4.78, 5) is 25.6. The van der Waals surface area contributed by atoms with Crippen molar-refractivity contribution in [3.05, 3.63) is 41.7 Å². The highest BCUT2D eigenvalue weighted by Gasteiger charge is 2.44. The molecular weight excluding hydrogens is 270 g/mol. The zero-order valence-electron chi connectivity index (χ0n) is 12.4. The fourth-order valence-corrected chi connectivity index (χ4v) is 2.33. The second-order valence-electron chi connectivity index (χ2n) is 5.24. The van der Waals surface area contributed by atoms with Crippen LogP contribution in [0.15, 0.2) is 36.1 Å². The number of carboxylic acid groups (broad SMARTS) is 1. The number of carbonyl (C=O) groups is 2. The molecule has 1 aromatic carbocycles. The zero-order valence-corrected chi connectivity index (χ0v) is 12.4. The van der Waals surface area contributed by atoms with Gasteiger partial charge in [0.05, 0.1) is 5.57 Å². The number of amides is 1. The summed E-state index contributed by atoms with van der Waals surface area (Å²) in [5.41, 5.74) is -0.131. The lowest BCUT2D eigenvalue weighted by Crippen LogP contribution is -2.57. The van der Waals surface area contributed by atoms with E-state index in [9.17, 15) is 14.7 Å². The minimum Gasteiger partial charge on any atom is -0.480 e. The van der Waals surface area contributed by atoms with Crippen molar-refractivity contribution in [2.75, 3.05) is 6.73 Å². The number of hydrogen-bond donors (Lipinski definition) is 1. The van der Waals surface area contributed by atoms with Gasteiger partial charge in [-0.05, 0) is 25.8 Å². The third-order valence-electron chi connectivity index (χ3n) is 4.03. The van der Waals surface area contributed by atoms with Gasteiger partial charge in [-0.3, -0.25) is 9.69 Å². The molecule has 1 aromatic rings. The molecule has 1 amide bonds. The van der Waals surface area contributed by atoms with Crippen molar-refractivity contribution in [2.45, 2.75) is 32.7 Å². The Labute approximate surface area is 123 Å². The van der Waals surface area contributed by atoms with Crippen LogP contribution in [-0.4, -0.2) is 34.2 Å². The highest BCUT2D eigenvalue weighted by Crippen LogP contribution is 2.31. The molecule has 0 bridgehead atoms. The molecule has 112 valence electrons. The summed E-state index contributed by atoms with van der Waals surface area (Å²) in [5, 5.41) is 9.46. The van der Waals surface area contributed by atoms with E-state index in [2.05, 4.69) is 0 Å². The lowest BCUT2D eigenvalue weighted by molar-refractivity contribution is -0.162. The van der Waals surface area contributed by atoms with Crippen molar-refractivity contribution < 1.29 is 19.4 Å². The third kappa shape index (κ3) is 2.51. The van der Waals surface area contributed by atoms with Crippen molar-refractivity contribution in [3.8, 4) is 0 Å². The van der Waals surface area contributed by atoms with E-state index in [0.717, 1.165) is 5.56 Å². The Bertz CT molecular complexity index is 594. The molecule has 0 aromatic heterocycles. The van der Waals surface area contributed by atoms with Gasteiger partial charge in [0, 0.05) is 0 Å². The Morgan fingerprint density at radius 3 is 2.52 bits per heavy atom. The molecule has 0 fully saturated rings. The third-order valence-corrected chi connectivity index (χ3v) is 4.03. The van der Waals surface area contributed by atoms with Crippen LogP contribution in [0.2, 0.25) is 0 Å². The van der Waals surface area contributed by atoms with Crippen LogP contribution in [-0.2, 0) is 14.3 Å². The predicted octanol–water partition coefficient (Wildman–Crippen LogP) is 2.49. The van der Waals surface area contributed by atoms with Crippen molar-refractivity contribution in [3.63, 3.8) is 0 Å². The average molecular weight is 289 g/mol. The SMILES string of the molecule is CCC(C)(C(=O)O)N1COC(C)=C(c2ccccc2)C1=O. The Kier molecular flexibility index (Phi) is 4.02. The first-order chi connectivity index (χ1) is 9.91. The molecule has 0 aliphatic carbocycles. The van der Waals surface area contributed by atoms with Crippen LogP contribution in [0.4, 0.5) is 0 Å². The van der Waals surface area contributed by atoms with Gasteiger partial charge in [-0.15, -0.1) is 0 Å². The number of benzene rings is 1. The van der Waals surface area contributed by atoms with E-state index in [-0.39, 0.29) is 12.6 Å². The number of hydrogen-bond acceptors (Lipinski definition) is 3. The molecule has 1 unspecified atom stereocenters. The molecule has 1 heterocycles. The highest BCUT2D eigenvalue weighted by atomic mass is 16.5. The molecular formula is C16H19NO4. The Balaban J connectivity index is 2.45. The first-order valence-electron chi connectivity index (χ1n) is 6.86. The summed E-state index contributed by atoms with van der Waals surface area (Å²) < 4.78 is 5.55. The minimum absolute atomic E-state index is 0.0440. The molecule has 1 aliphatic rings. The molecule has 0 saturated heterocycles. The Hall–Kier alpha value is -2.30. The van der Waals surface area contributed by atoms with Gasteiger partial charge in [-0.25, -0.2) is 4.79 Å². The normalized spacial score (nSPS) is 18.2. The van der Waals surface area contributed by atoms with E-state index in [1.54, 1.807) is 20.8 Å². The van der Waals surface area contributed by atoms with E-state index >= 15 is 0 Å². The lowest BCUT2D eigenvalue weighted by Gasteiger charge is -2.40. The second kappa shape index (κ2) is 5.60. The number of carboxylic acids is 1. The van der Waals surface area contributed by atoms with Crippen LogP contribution >= 0.6 is 0 Å². The molecule has 0 radical (unpaired) electrons. The van der Waals surface area contributed by atoms with Gasteiger partial charge in [0.2, 0.25) is 0 Å². The van der Waals surface area contributed by atoms with Gasteiger partial charge in [0.25, 0.3) is 5.91 Å². The fourth-order valence-electron chi connectivity index (χ4n) is 2.33. The van der Waals surface area contributed by atoms with Gasteiger partial charge in [-0.2, -0.15) is 0 Å². The summed E-state index contributed by atoms with van der Waals surface area (Å²) in [5.74, 6) is -0.822. The number of nitrogens with zero attached hydrogens (tertiary/aromatic N) is 1. The van der Waals surface area contributed by atoms with E-state index in [0.29, 0.717) is 17.8 Å². The standard InChI is InChI=1S/C16H19NO4/c1-4-16(3,15(19)20)17-10-21-11(2)13(14(17)18)12-8-6-5-7-9-12/h5-9H,4,10H2,1-3H3,(H,19,20). The monoisotopic (exact) mass is 289 g/mol. The summed E-state index contributed by atoms with van der Waals surface area (Å²) in [7, 11) is 0. The van der Waals surface area contributed by atoms with Gasteiger partial charge < -0.3 is 9.84 Å². The number of rotatable bonds is 4. The molecule has 2 rings (SSSR count). The number of aliphatic carboxylic acids is 1. The van der Waals surface area contributed by atoms with Crippen molar-refractivity contribution >= 4 is 17.4 Å². The number of ether oxygens (including phenoxy) is 1. The summed E-state index contributed by atoms with van der Waals surface area (Å²) in [6.45, 7) is 4.97. The van der Waals surface area contributed by atoms with E-state index in [4.69, 9.17) is 4.74 Å². The lowest BCUT2D eigenvalue weighted by atomic mass is 9.93. The Morgan fingerprint density at radius 2 is 2.00 bits per heavy atom. The van der Waals surface area contributed by atoms with Crippen molar-refractivity contribution in [1.82, 2.24) is 4.90 Å². The molecule has 5 heteroatoms. The fraction of sp³-hybridized carbons (Fsp3) is 0.375. The molecule has 5 nitrogen and oxygen atoms in total. The molecule has 1 atom stereocenters. The van der Waals surface area contributed by atoms with E-state index < -0.39 is 11.5 Å². The van der Waals surface area contributed by atoms with Gasteiger partial charge in [0.15, 0.2) is 6.73 Å². The molecule has 1 N–H and O–H groups in total. The van der Waals surface area contributed by atoms with Crippen LogP contribution in [0, 0.1) is 0 Å². The topological polar surface area (TPSA) is 66.8 Å². The van der Waals surface area contributed by atoms with Gasteiger partial charge in [0.1, 0.15) is 11.3 Å². The molecule has 0 saturated carbocycles. The van der Waals surface area contributed by atoms with E-state index in [1.165, 1.54) is 4.90 Å². The molecule has 0 spiro atoms. The predicted molar refractivity (Wildman–Crippen MR) is 78.2 cm³/mol. The second-order valence-corrected chi connectivity index (χ2v) is 5.24. The quantitative estimate of drug-likeness (QED) is 0.924. The largest absolute Gasteiger partial charge is 0.480 e. The van der Waals surface area contributed by atoms with Gasteiger partial charge in [-0.1, -0.05) is 37.3 Å². The van der Waals surface area contributed by atoms with Crippen molar-refractivity contribution in [2.24, 2.45) is 0 Å². The van der Waals surface area contributed by atoms with E-state index in [1.807, 2.05) is 30.3 Å². The maximum absolute atomic E-state index is 12.8. The van der Waals surface area contributed by atoms with Crippen LogP contribution in [0.25, 0.3) is 5.57 Å². The summed E-state index contributed by atoms with van der Waals surface area (Å²) >= 11 is 0. The molecule has 1 aliphatic heterocycles. The van der Waals surface area contributed by atoms with Crippen molar-refractivity contribution in [1.29, 1.82) is 0 Å². The maximum atomic E-state index is 12.8. The number of carbonyl (C=O) groups excluding carboxylic acids is 1. The zero-order chi connectivity index (χ0) is 15.6. The Morgan fingerprint density at radius 1 is 1.38 bits per heavy atom. The van der Waals surface area contributed by atoms with Crippen LogP contribution < -0.4 is 0 Å². The summed E-state index contributed by atoms with van der Waals surface area (Å²) in [6.07, 6.45) is 0.304. The smallest absolute Gasteiger partial charge is 0.329 e. The maximum Gasteiger partial charge on any atom is 0.329 e. The highest BCUT2D eigenvalue weighted by molar-refractivity contribution is 6.21. The van der Waals surface area contributed by atoms with Crippen LogP contribution in [0.3, 0.4) is 0 Å². The first kappa shape index (κ1) is 15.1. The minimum atomic E-state index is -1.28. The number of allylic oxidation sites excluding steroid dienone is 1. The molecule has 21 heavy (non-hydrogen) atoms. The van der Waals surface area contributed by atoms with Crippen LogP contribution in [0.5, 0.6) is 0 Å². The van der Waals surface area contributed by atoms with Gasteiger partial charge >= 0.3 is 5.97 Å². The first-order valence-corrected chi connectivity index (χ1v) is 6.86. The van der Waals surface area contributed by atoms with Crippen LogP contribution in [0.1, 0.15) is 32.8 Å².